The van der Waals surface area contributed by atoms with Crippen LogP contribution in [0.1, 0.15) is 39.5 Å². The van der Waals surface area contributed by atoms with Crippen molar-refractivity contribution < 1.29 is 16.8 Å². The zero-order chi connectivity index (χ0) is 10.2. The van der Waals surface area contributed by atoms with Crippen LogP contribution in [0.15, 0.2) is 47.6 Å². The molecule has 83 valence electrons. The zero-order valence-corrected chi connectivity index (χ0v) is 10.7. The van der Waals surface area contributed by atoms with Gasteiger partial charge in [0.25, 0.3) is 0 Å². The maximum atomic E-state index is 2.19. The van der Waals surface area contributed by atoms with Gasteiger partial charge >= 0.3 is 16.8 Å². The van der Waals surface area contributed by atoms with Gasteiger partial charge in [-0.1, -0.05) is 61.4 Å². The molecule has 0 aromatic rings. The molecule has 0 N–H and O–H groups in total. The van der Waals surface area contributed by atoms with Crippen molar-refractivity contribution in [3.8, 4) is 0 Å². The quantitative estimate of drug-likeness (QED) is 0.670. The molecule has 0 nitrogen and oxygen atoms in total. The molecule has 0 saturated carbocycles. The van der Waals surface area contributed by atoms with E-state index in [2.05, 4.69) is 50.3 Å². The van der Waals surface area contributed by atoms with Crippen LogP contribution in [0.25, 0.3) is 0 Å². The largest absolute Gasteiger partial charge is 2.00 e. The molecule has 0 unspecified atom stereocenters. The zero-order valence-electron chi connectivity index (χ0n) is 9.63. The minimum absolute atomic E-state index is 0. The third-order valence-electron chi connectivity index (χ3n) is 2.60. The number of hydrogen-bond donors (Lipinski definition) is 0. The van der Waals surface area contributed by atoms with Crippen LogP contribution in [0.3, 0.4) is 0 Å². The molecule has 0 fully saturated rings. The summed E-state index contributed by atoms with van der Waals surface area (Å²) in [5.41, 5.74) is 3.11. The van der Waals surface area contributed by atoms with Crippen molar-refractivity contribution in [1.82, 2.24) is 0 Å². The molecular formula is C14H20Co+2. The summed E-state index contributed by atoms with van der Waals surface area (Å²) in [6.07, 6.45) is 17.8. The van der Waals surface area contributed by atoms with Gasteiger partial charge in [-0.3, -0.25) is 0 Å². The van der Waals surface area contributed by atoms with Crippen molar-refractivity contribution in [2.45, 2.75) is 39.5 Å². The first-order valence-corrected chi connectivity index (χ1v) is 5.56. The van der Waals surface area contributed by atoms with Crippen LogP contribution in [0.5, 0.6) is 0 Å². The maximum absolute atomic E-state index is 2.19. The summed E-state index contributed by atoms with van der Waals surface area (Å²) in [5.74, 6) is 0. The van der Waals surface area contributed by atoms with Gasteiger partial charge in [-0.05, 0) is 25.7 Å². The summed E-state index contributed by atoms with van der Waals surface area (Å²) in [4.78, 5) is 0. The van der Waals surface area contributed by atoms with Crippen LogP contribution in [-0.2, 0) is 16.8 Å². The molecule has 0 bridgehead atoms. The Morgan fingerprint density at radius 2 is 1.27 bits per heavy atom. The first-order chi connectivity index (χ1) is 6.86. The molecule has 1 radical (unpaired) electrons. The monoisotopic (exact) mass is 247 g/mol. The molecule has 0 spiro atoms. The van der Waals surface area contributed by atoms with Gasteiger partial charge in [0.15, 0.2) is 0 Å². The van der Waals surface area contributed by atoms with Crippen LogP contribution < -0.4 is 0 Å². The molecule has 0 amide bonds. The third-order valence-corrected chi connectivity index (χ3v) is 2.60. The van der Waals surface area contributed by atoms with E-state index in [1.807, 2.05) is 0 Å². The van der Waals surface area contributed by atoms with E-state index in [1.54, 1.807) is 11.1 Å². The third kappa shape index (κ3) is 5.80. The van der Waals surface area contributed by atoms with E-state index in [4.69, 9.17) is 0 Å². The van der Waals surface area contributed by atoms with E-state index in [0.717, 1.165) is 0 Å². The Kier molecular flexibility index (Phi) is 8.44. The van der Waals surface area contributed by atoms with Crippen molar-refractivity contribution in [1.29, 1.82) is 0 Å². The molecule has 2 aliphatic carbocycles. The number of rotatable bonds is 2. The predicted octanol–water partition coefficient (Wildman–Crippen LogP) is 4.56. The average Bonchev–Trinajstić information content (AvgIpc) is 2.92. The number of allylic oxidation sites excluding steroid dienone is 8. The smallest absolute Gasteiger partial charge is 0.0805 e. The fourth-order valence-electron chi connectivity index (χ4n) is 1.51. The number of hydrogen-bond acceptors (Lipinski definition) is 0. The van der Waals surface area contributed by atoms with Crippen LogP contribution in [0.2, 0.25) is 0 Å². The topological polar surface area (TPSA) is 0 Å². The minimum Gasteiger partial charge on any atom is -0.0805 e. The van der Waals surface area contributed by atoms with E-state index in [0.29, 0.717) is 0 Å². The summed E-state index contributed by atoms with van der Waals surface area (Å²) >= 11 is 0. The second kappa shape index (κ2) is 8.75. The molecule has 2 rings (SSSR count). The molecule has 0 aliphatic heterocycles. The second-order valence-corrected chi connectivity index (χ2v) is 3.62. The fraction of sp³-hybridized carbons (Fsp3) is 0.429. The van der Waals surface area contributed by atoms with Gasteiger partial charge in [0.1, 0.15) is 0 Å². The maximum Gasteiger partial charge on any atom is 2.00 e. The summed E-state index contributed by atoms with van der Waals surface area (Å²) in [5, 5.41) is 0. The summed E-state index contributed by atoms with van der Waals surface area (Å²) in [6, 6.07) is 0. The van der Waals surface area contributed by atoms with E-state index >= 15 is 0 Å². The Balaban J connectivity index is 0.000000245. The van der Waals surface area contributed by atoms with Crippen LogP contribution in [-0.4, -0.2) is 0 Å². The molecule has 15 heavy (non-hydrogen) atoms. The van der Waals surface area contributed by atoms with Gasteiger partial charge in [0, 0.05) is 0 Å². The minimum atomic E-state index is 0. The van der Waals surface area contributed by atoms with Crippen molar-refractivity contribution in [3.05, 3.63) is 47.6 Å². The van der Waals surface area contributed by atoms with E-state index < -0.39 is 0 Å². The van der Waals surface area contributed by atoms with Gasteiger partial charge in [0.2, 0.25) is 0 Å². The van der Waals surface area contributed by atoms with Crippen molar-refractivity contribution in [3.63, 3.8) is 0 Å². The van der Waals surface area contributed by atoms with Gasteiger partial charge < -0.3 is 0 Å². The summed E-state index contributed by atoms with van der Waals surface area (Å²) < 4.78 is 0. The molecule has 0 heterocycles. The van der Waals surface area contributed by atoms with Gasteiger partial charge in [0.05, 0.1) is 0 Å². The SMILES string of the molecule is CCC1=CC=CC1.CCC1=CC=CC1.[Co+2]. The first kappa shape index (κ1) is 14.5. The van der Waals surface area contributed by atoms with Crippen LogP contribution >= 0.6 is 0 Å². The van der Waals surface area contributed by atoms with Crippen molar-refractivity contribution >= 4 is 0 Å². The molecule has 0 aromatic carbocycles. The van der Waals surface area contributed by atoms with Crippen molar-refractivity contribution in [2.24, 2.45) is 0 Å². The average molecular weight is 247 g/mol. The fourth-order valence-corrected chi connectivity index (χ4v) is 1.51. The molecule has 0 aromatic heterocycles. The molecule has 1 heteroatoms. The first-order valence-electron chi connectivity index (χ1n) is 5.56. The van der Waals surface area contributed by atoms with Crippen LogP contribution in [0.4, 0.5) is 0 Å². The van der Waals surface area contributed by atoms with E-state index in [9.17, 15) is 0 Å². The van der Waals surface area contributed by atoms with Gasteiger partial charge in [-0.25, -0.2) is 0 Å². The standard InChI is InChI=1S/2C7H10.Co/c2*1-2-7-5-3-4-6-7;/h2*3-5H,2,6H2,1H3;/q;;+2. The van der Waals surface area contributed by atoms with Crippen LogP contribution in [0, 0.1) is 0 Å². The predicted molar refractivity (Wildman–Crippen MR) is 64.3 cm³/mol. The normalized spacial score (nSPS) is 16.4. The van der Waals surface area contributed by atoms with Crippen molar-refractivity contribution in [2.75, 3.05) is 0 Å². The van der Waals surface area contributed by atoms with E-state index in [1.165, 1.54) is 25.7 Å². The summed E-state index contributed by atoms with van der Waals surface area (Å²) in [6.45, 7) is 4.39. The Labute approximate surface area is 104 Å². The molecular weight excluding hydrogens is 227 g/mol. The Morgan fingerprint density at radius 3 is 1.40 bits per heavy atom. The Morgan fingerprint density at radius 1 is 0.867 bits per heavy atom. The Hall–Kier alpha value is -0.534. The Bertz CT molecular complexity index is 250. The second-order valence-electron chi connectivity index (χ2n) is 3.62. The summed E-state index contributed by atoms with van der Waals surface area (Å²) in [7, 11) is 0. The van der Waals surface area contributed by atoms with Gasteiger partial charge in [-0.15, -0.1) is 0 Å². The molecule has 0 saturated heterocycles. The van der Waals surface area contributed by atoms with E-state index in [-0.39, 0.29) is 16.8 Å². The molecule has 2 aliphatic rings. The van der Waals surface area contributed by atoms with Gasteiger partial charge in [-0.2, -0.15) is 0 Å². The molecule has 0 atom stereocenters.